The van der Waals surface area contributed by atoms with Crippen molar-refractivity contribution in [1.29, 1.82) is 0 Å². The van der Waals surface area contributed by atoms with Crippen molar-refractivity contribution in [3.05, 3.63) is 65.1 Å². The number of ether oxygens (including phenoxy) is 1. The lowest BCUT2D eigenvalue weighted by Crippen LogP contribution is -1.83. The van der Waals surface area contributed by atoms with Gasteiger partial charge in [0.15, 0.2) is 0 Å². The Bertz CT molecular complexity index is 717. The first-order chi connectivity index (χ1) is 9.26. The van der Waals surface area contributed by atoms with Gasteiger partial charge in [-0.1, -0.05) is 46.3 Å². The molecular formula is C17H13BrO. The second-order valence-corrected chi connectivity index (χ2v) is 5.35. The van der Waals surface area contributed by atoms with E-state index in [1.165, 1.54) is 21.9 Å². The number of halogens is 1. The molecule has 3 rings (SSSR count). The summed E-state index contributed by atoms with van der Waals surface area (Å²) in [6, 6.07) is 21.0. The summed E-state index contributed by atoms with van der Waals surface area (Å²) in [5.74, 6) is 0.883. The molecule has 0 saturated heterocycles. The highest BCUT2D eigenvalue weighted by molar-refractivity contribution is 9.10. The Morgan fingerprint density at radius 3 is 2.11 bits per heavy atom. The van der Waals surface area contributed by atoms with Gasteiger partial charge in [-0.2, -0.15) is 0 Å². The second kappa shape index (κ2) is 5.06. The molecular weight excluding hydrogens is 300 g/mol. The molecule has 0 aliphatic rings. The molecule has 0 aromatic heterocycles. The zero-order valence-corrected chi connectivity index (χ0v) is 12.1. The van der Waals surface area contributed by atoms with Crippen LogP contribution in [0.15, 0.2) is 65.1 Å². The van der Waals surface area contributed by atoms with Crippen LogP contribution in [0.4, 0.5) is 0 Å². The summed E-state index contributed by atoms with van der Waals surface area (Å²) >= 11 is 3.50. The van der Waals surface area contributed by atoms with E-state index >= 15 is 0 Å². The third-order valence-corrected chi connectivity index (χ3v) is 3.72. The Hall–Kier alpha value is -1.80. The first-order valence-electron chi connectivity index (χ1n) is 6.10. The molecule has 0 bridgehead atoms. The van der Waals surface area contributed by atoms with E-state index < -0.39 is 0 Å². The lowest BCUT2D eigenvalue weighted by atomic mass is 10.0. The third kappa shape index (κ3) is 2.49. The lowest BCUT2D eigenvalue weighted by molar-refractivity contribution is 0.415. The molecule has 0 fully saturated rings. The highest BCUT2D eigenvalue weighted by Gasteiger charge is 2.01. The van der Waals surface area contributed by atoms with E-state index in [0.717, 1.165) is 10.2 Å². The topological polar surface area (TPSA) is 9.23 Å². The van der Waals surface area contributed by atoms with Crippen LogP contribution in [0.5, 0.6) is 5.75 Å². The number of methoxy groups -OCH3 is 1. The standard InChI is InChI=1S/C17H13BrO/c1-19-17-8-5-12(6-9-17)13-2-3-15-11-16(18)7-4-14(15)10-13/h2-11H,1H3. The average Bonchev–Trinajstić information content (AvgIpc) is 2.47. The van der Waals surface area contributed by atoms with E-state index in [2.05, 4.69) is 64.5 Å². The van der Waals surface area contributed by atoms with E-state index in [1.807, 2.05) is 12.1 Å². The van der Waals surface area contributed by atoms with Gasteiger partial charge in [0.05, 0.1) is 7.11 Å². The SMILES string of the molecule is COc1ccc(-c2ccc3cc(Br)ccc3c2)cc1. The molecule has 2 heteroatoms. The quantitative estimate of drug-likeness (QED) is 0.625. The molecule has 0 N–H and O–H groups in total. The number of hydrogen-bond acceptors (Lipinski definition) is 1. The van der Waals surface area contributed by atoms with Gasteiger partial charge in [-0.15, -0.1) is 0 Å². The van der Waals surface area contributed by atoms with Crippen LogP contribution in [0.2, 0.25) is 0 Å². The van der Waals surface area contributed by atoms with Crippen LogP contribution in [0, 0.1) is 0 Å². The summed E-state index contributed by atoms with van der Waals surface area (Å²) in [6.45, 7) is 0. The maximum absolute atomic E-state index is 5.18. The number of hydrogen-bond donors (Lipinski definition) is 0. The highest BCUT2D eigenvalue weighted by atomic mass is 79.9. The van der Waals surface area contributed by atoms with Crippen molar-refractivity contribution >= 4 is 26.7 Å². The molecule has 3 aromatic carbocycles. The van der Waals surface area contributed by atoms with E-state index in [9.17, 15) is 0 Å². The fraction of sp³-hybridized carbons (Fsp3) is 0.0588. The van der Waals surface area contributed by atoms with Crippen LogP contribution >= 0.6 is 15.9 Å². The molecule has 0 radical (unpaired) electrons. The van der Waals surface area contributed by atoms with Crippen LogP contribution in [0.3, 0.4) is 0 Å². The molecule has 0 atom stereocenters. The van der Waals surface area contributed by atoms with Gasteiger partial charge in [-0.25, -0.2) is 0 Å². The average molecular weight is 313 g/mol. The number of benzene rings is 3. The van der Waals surface area contributed by atoms with Crippen LogP contribution in [0.1, 0.15) is 0 Å². The number of rotatable bonds is 2. The fourth-order valence-corrected chi connectivity index (χ4v) is 2.56. The van der Waals surface area contributed by atoms with Gasteiger partial charge >= 0.3 is 0 Å². The first-order valence-corrected chi connectivity index (χ1v) is 6.89. The summed E-state index contributed by atoms with van der Waals surface area (Å²) in [7, 11) is 1.68. The van der Waals surface area contributed by atoms with Gasteiger partial charge < -0.3 is 4.74 Å². The Morgan fingerprint density at radius 1 is 0.737 bits per heavy atom. The molecule has 19 heavy (non-hydrogen) atoms. The zero-order chi connectivity index (χ0) is 13.2. The maximum Gasteiger partial charge on any atom is 0.118 e. The van der Waals surface area contributed by atoms with Gasteiger partial charge in [-0.05, 0) is 52.2 Å². The zero-order valence-electron chi connectivity index (χ0n) is 10.6. The largest absolute Gasteiger partial charge is 0.497 e. The Morgan fingerprint density at radius 2 is 1.37 bits per heavy atom. The maximum atomic E-state index is 5.18. The third-order valence-electron chi connectivity index (χ3n) is 3.23. The Labute approximate surface area is 121 Å². The van der Waals surface area contributed by atoms with Gasteiger partial charge in [0.25, 0.3) is 0 Å². The molecule has 0 unspecified atom stereocenters. The van der Waals surface area contributed by atoms with Crippen LogP contribution < -0.4 is 4.74 Å². The van der Waals surface area contributed by atoms with Gasteiger partial charge in [0, 0.05) is 4.47 Å². The minimum absolute atomic E-state index is 0.883. The molecule has 0 amide bonds. The highest BCUT2D eigenvalue weighted by Crippen LogP contribution is 2.27. The van der Waals surface area contributed by atoms with Crippen LogP contribution in [-0.2, 0) is 0 Å². The van der Waals surface area contributed by atoms with Crippen molar-refractivity contribution in [1.82, 2.24) is 0 Å². The molecule has 94 valence electrons. The molecule has 0 saturated carbocycles. The van der Waals surface area contributed by atoms with E-state index in [-0.39, 0.29) is 0 Å². The summed E-state index contributed by atoms with van der Waals surface area (Å²) in [5.41, 5.74) is 2.42. The Balaban J connectivity index is 2.06. The minimum atomic E-state index is 0.883. The van der Waals surface area contributed by atoms with Crippen LogP contribution in [0.25, 0.3) is 21.9 Å². The smallest absolute Gasteiger partial charge is 0.118 e. The van der Waals surface area contributed by atoms with E-state index in [1.54, 1.807) is 7.11 Å². The predicted octanol–water partition coefficient (Wildman–Crippen LogP) is 5.28. The fourth-order valence-electron chi connectivity index (χ4n) is 2.18. The van der Waals surface area contributed by atoms with Crippen molar-refractivity contribution in [2.24, 2.45) is 0 Å². The normalized spacial score (nSPS) is 10.6. The first kappa shape index (κ1) is 12.2. The van der Waals surface area contributed by atoms with Gasteiger partial charge in [0.1, 0.15) is 5.75 Å². The van der Waals surface area contributed by atoms with E-state index in [4.69, 9.17) is 4.74 Å². The van der Waals surface area contributed by atoms with Crippen molar-refractivity contribution < 1.29 is 4.74 Å². The lowest BCUT2D eigenvalue weighted by Gasteiger charge is -2.06. The predicted molar refractivity (Wildman–Crippen MR) is 83.6 cm³/mol. The molecule has 0 aliphatic carbocycles. The van der Waals surface area contributed by atoms with Gasteiger partial charge in [0.2, 0.25) is 0 Å². The molecule has 0 heterocycles. The van der Waals surface area contributed by atoms with Crippen molar-refractivity contribution in [3.8, 4) is 16.9 Å². The molecule has 0 aliphatic heterocycles. The summed E-state index contributed by atoms with van der Waals surface area (Å²) in [6.07, 6.45) is 0. The number of fused-ring (bicyclic) bond motifs is 1. The molecule has 0 spiro atoms. The van der Waals surface area contributed by atoms with Crippen molar-refractivity contribution in [2.75, 3.05) is 7.11 Å². The van der Waals surface area contributed by atoms with Gasteiger partial charge in [-0.3, -0.25) is 0 Å². The second-order valence-electron chi connectivity index (χ2n) is 4.43. The summed E-state index contributed by atoms with van der Waals surface area (Å²) in [5, 5.41) is 2.49. The Kier molecular flexibility index (Phi) is 3.26. The summed E-state index contributed by atoms with van der Waals surface area (Å²) in [4.78, 5) is 0. The van der Waals surface area contributed by atoms with Crippen molar-refractivity contribution in [3.63, 3.8) is 0 Å². The monoisotopic (exact) mass is 312 g/mol. The minimum Gasteiger partial charge on any atom is -0.497 e. The molecule has 1 nitrogen and oxygen atoms in total. The van der Waals surface area contributed by atoms with Crippen LogP contribution in [-0.4, -0.2) is 7.11 Å². The van der Waals surface area contributed by atoms with Crippen molar-refractivity contribution in [2.45, 2.75) is 0 Å². The van der Waals surface area contributed by atoms with E-state index in [0.29, 0.717) is 0 Å². The molecule has 3 aromatic rings. The summed E-state index contributed by atoms with van der Waals surface area (Å²) < 4.78 is 6.29.